The highest BCUT2D eigenvalue weighted by Crippen LogP contribution is 2.13. The Morgan fingerprint density at radius 3 is 2.86 bits per heavy atom. The van der Waals surface area contributed by atoms with Crippen LogP contribution in [-0.4, -0.2) is 34.3 Å². The molecular formula is C16H22N4O2. The SMILES string of the molecule is COc1ncccc1C(=O)NC[C@H](C)Cn1nc(C)cc1C. The smallest absolute Gasteiger partial charge is 0.256 e. The fourth-order valence-electron chi connectivity index (χ4n) is 2.31. The molecule has 0 aliphatic carbocycles. The number of carbonyl (C=O) groups excluding carboxylic acids is 1. The quantitative estimate of drug-likeness (QED) is 0.886. The second kappa shape index (κ2) is 7.06. The van der Waals surface area contributed by atoms with Crippen LogP contribution in [0.1, 0.15) is 28.7 Å². The zero-order valence-electron chi connectivity index (χ0n) is 13.5. The van der Waals surface area contributed by atoms with Gasteiger partial charge in [0, 0.05) is 25.0 Å². The Kier molecular flexibility index (Phi) is 5.14. The standard InChI is InChI=1S/C16H22N4O2/c1-11(10-20-13(3)8-12(2)19-20)9-18-15(21)14-6-5-7-17-16(14)22-4/h5-8,11H,9-10H2,1-4H3,(H,18,21)/t11-/m0/s1. The molecule has 1 atom stereocenters. The van der Waals surface area contributed by atoms with Gasteiger partial charge in [-0.05, 0) is 38.0 Å². The molecule has 1 N–H and O–H groups in total. The Balaban J connectivity index is 1.92. The van der Waals surface area contributed by atoms with Gasteiger partial charge in [0.05, 0.1) is 12.8 Å². The summed E-state index contributed by atoms with van der Waals surface area (Å²) in [7, 11) is 1.50. The van der Waals surface area contributed by atoms with Crippen molar-refractivity contribution in [3.63, 3.8) is 0 Å². The largest absolute Gasteiger partial charge is 0.480 e. The van der Waals surface area contributed by atoms with Gasteiger partial charge >= 0.3 is 0 Å². The Labute approximate surface area is 130 Å². The first-order valence-electron chi connectivity index (χ1n) is 7.29. The summed E-state index contributed by atoms with van der Waals surface area (Å²) in [5, 5.41) is 7.36. The third-order valence-corrected chi connectivity index (χ3v) is 3.41. The number of carbonyl (C=O) groups is 1. The first-order chi connectivity index (χ1) is 10.5. The fourth-order valence-corrected chi connectivity index (χ4v) is 2.31. The number of nitrogens with zero attached hydrogens (tertiary/aromatic N) is 3. The van der Waals surface area contributed by atoms with E-state index in [0.29, 0.717) is 18.0 Å². The van der Waals surface area contributed by atoms with E-state index in [1.165, 1.54) is 7.11 Å². The van der Waals surface area contributed by atoms with Crippen molar-refractivity contribution in [1.29, 1.82) is 0 Å². The van der Waals surface area contributed by atoms with Gasteiger partial charge in [-0.2, -0.15) is 5.10 Å². The van der Waals surface area contributed by atoms with Gasteiger partial charge in [-0.25, -0.2) is 4.98 Å². The summed E-state index contributed by atoms with van der Waals surface area (Å²) in [5.74, 6) is 0.431. The van der Waals surface area contributed by atoms with Crippen LogP contribution in [0.3, 0.4) is 0 Å². The molecule has 2 rings (SSSR count). The van der Waals surface area contributed by atoms with Gasteiger partial charge in [0.15, 0.2) is 0 Å². The monoisotopic (exact) mass is 302 g/mol. The van der Waals surface area contributed by atoms with Crippen molar-refractivity contribution in [2.75, 3.05) is 13.7 Å². The fraction of sp³-hybridized carbons (Fsp3) is 0.438. The number of pyridine rings is 1. The first-order valence-corrected chi connectivity index (χ1v) is 7.29. The van der Waals surface area contributed by atoms with Crippen LogP contribution in [-0.2, 0) is 6.54 Å². The maximum Gasteiger partial charge on any atom is 0.256 e. The lowest BCUT2D eigenvalue weighted by molar-refractivity contribution is 0.0942. The van der Waals surface area contributed by atoms with E-state index in [0.717, 1.165) is 17.9 Å². The van der Waals surface area contributed by atoms with Crippen molar-refractivity contribution in [2.45, 2.75) is 27.3 Å². The molecule has 2 aromatic rings. The lowest BCUT2D eigenvalue weighted by Crippen LogP contribution is -2.30. The predicted octanol–water partition coefficient (Wildman–Crippen LogP) is 1.97. The number of aryl methyl sites for hydroxylation is 2. The Bertz CT molecular complexity index is 651. The van der Waals surface area contributed by atoms with Crippen LogP contribution in [0.4, 0.5) is 0 Å². The van der Waals surface area contributed by atoms with Crippen LogP contribution in [0.25, 0.3) is 0 Å². The van der Waals surface area contributed by atoms with Crippen LogP contribution >= 0.6 is 0 Å². The van der Waals surface area contributed by atoms with Crippen molar-refractivity contribution < 1.29 is 9.53 Å². The molecule has 0 saturated carbocycles. The average Bonchev–Trinajstić information content (AvgIpc) is 2.82. The minimum atomic E-state index is -0.176. The maximum atomic E-state index is 12.2. The third-order valence-electron chi connectivity index (χ3n) is 3.41. The number of rotatable bonds is 6. The zero-order valence-corrected chi connectivity index (χ0v) is 13.5. The van der Waals surface area contributed by atoms with Gasteiger partial charge in [0.25, 0.3) is 5.91 Å². The van der Waals surface area contributed by atoms with Gasteiger partial charge in [0.1, 0.15) is 5.56 Å². The van der Waals surface area contributed by atoms with Crippen LogP contribution < -0.4 is 10.1 Å². The van der Waals surface area contributed by atoms with E-state index in [9.17, 15) is 4.79 Å². The lowest BCUT2D eigenvalue weighted by Gasteiger charge is -2.14. The van der Waals surface area contributed by atoms with Crippen LogP contribution in [0.2, 0.25) is 0 Å². The summed E-state index contributed by atoms with van der Waals surface area (Å²) in [6.45, 7) is 7.42. The minimum absolute atomic E-state index is 0.176. The summed E-state index contributed by atoms with van der Waals surface area (Å²) < 4.78 is 7.07. The molecule has 6 nitrogen and oxygen atoms in total. The van der Waals surface area contributed by atoms with Crippen LogP contribution in [0, 0.1) is 19.8 Å². The van der Waals surface area contributed by atoms with Gasteiger partial charge in [-0.15, -0.1) is 0 Å². The summed E-state index contributed by atoms with van der Waals surface area (Å²) in [5.41, 5.74) is 2.58. The summed E-state index contributed by atoms with van der Waals surface area (Å²) in [4.78, 5) is 16.2. The van der Waals surface area contributed by atoms with E-state index in [1.54, 1.807) is 18.3 Å². The van der Waals surface area contributed by atoms with E-state index < -0.39 is 0 Å². The van der Waals surface area contributed by atoms with E-state index in [4.69, 9.17) is 4.74 Å². The molecule has 22 heavy (non-hydrogen) atoms. The van der Waals surface area contributed by atoms with Crippen molar-refractivity contribution >= 4 is 5.91 Å². The minimum Gasteiger partial charge on any atom is -0.480 e. The van der Waals surface area contributed by atoms with Crippen LogP contribution in [0.15, 0.2) is 24.4 Å². The number of ether oxygens (including phenoxy) is 1. The Hall–Kier alpha value is -2.37. The van der Waals surface area contributed by atoms with Crippen molar-refractivity contribution in [3.8, 4) is 5.88 Å². The van der Waals surface area contributed by atoms with Crippen molar-refractivity contribution in [3.05, 3.63) is 41.3 Å². The van der Waals surface area contributed by atoms with E-state index >= 15 is 0 Å². The van der Waals surface area contributed by atoms with Gasteiger partial charge < -0.3 is 10.1 Å². The van der Waals surface area contributed by atoms with E-state index in [-0.39, 0.29) is 11.8 Å². The predicted molar refractivity (Wildman–Crippen MR) is 84.0 cm³/mol. The average molecular weight is 302 g/mol. The van der Waals surface area contributed by atoms with Gasteiger partial charge in [0.2, 0.25) is 5.88 Å². The molecule has 118 valence electrons. The number of aromatic nitrogens is 3. The molecular weight excluding hydrogens is 280 g/mol. The maximum absolute atomic E-state index is 12.2. The first kappa shape index (κ1) is 16.0. The molecule has 0 aromatic carbocycles. The molecule has 6 heteroatoms. The molecule has 0 fully saturated rings. The Morgan fingerprint density at radius 2 is 2.23 bits per heavy atom. The summed E-state index contributed by atoms with van der Waals surface area (Å²) in [6.07, 6.45) is 1.60. The molecule has 2 aromatic heterocycles. The van der Waals surface area contributed by atoms with E-state index in [2.05, 4.69) is 22.3 Å². The van der Waals surface area contributed by atoms with Gasteiger partial charge in [-0.1, -0.05) is 6.92 Å². The molecule has 0 aliphatic heterocycles. The molecule has 0 aliphatic rings. The zero-order chi connectivity index (χ0) is 16.1. The highest BCUT2D eigenvalue weighted by Gasteiger charge is 2.14. The second-order valence-corrected chi connectivity index (χ2v) is 5.48. The lowest BCUT2D eigenvalue weighted by atomic mass is 10.1. The summed E-state index contributed by atoms with van der Waals surface area (Å²) in [6, 6.07) is 5.47. The number of nitrogens with one attached hydrogen (secondary N) is 1. The topological polar surface area (TPSA) is 69.0 Å². The number of hydrogen-bond acceptors (Lipinski definition) is 4. The number of hydrogen-bond donors (Lipinski definition) is 1. The molecule has 0 radical (unpaired) electrons. The molecule has 1 amide bonds. The normalized spacial score (nSPS) is 12.0. The molecule has 0 unspecified atom stereocenters. The molecule has 0 saturated heterocycles. The highest BCUT2D eigenvalue weighted by atomic mass is 16.5. The highest BCUT2D eigenvalue weighted by molar-refractivity contribution is 5.96. The number of methoxy groups -OCH3 is 1. The second-order valence-electron chi connectivity index (χ2n) is 5.48. The summed E-state index contributed by atoms with van der Waals surface area (Å²) >= 11 is 0. The van der Waals surface area contributed by atoms with E-state index in [1.807, 2.05) is 24.6 Å². The Morgan fingerprint density at radius 1 is 1.45 bits per heavy atom. The van der Waals surface area contributed by atoms with Crippen molar-refractivity contribution in [1.82, 2.24) is 20.1 Å². The molecule has 0 spiro atoms. The number of amides is 1. The van der Waals surface area contributed by atoms with Crippen LogP contribution in [0.5, 0.6) is 5.88 Å². The third kappa shape index (κ3) is 3.84. The van der Waals surface area contributed by atoms with Gasteiger partial charge in [-0.3, -0.25) is 9.48 Å². The molecule has 2 heterocycles. The molecule has 0 bridgehead atoms. The van der Waals surface area contributed by atoms with Crippen molar-refractivity contribution in [2.24, 2.45) is 5.92 Å².